The van der Waals surface area contributed by atoms with Crippen molar-refractivity contribution >= 4 is 46.6 Å². The van der Waals surface area contributed by atoms with E-state index in [1.807, 2.05) is 11.0 Å². The number of ether oxygens (including phenoxy) is 1. The fourth-order valence-corrected chi connectivity index (χ4v) is 11.7. The number of nitriles is 1. The Morgan fingerprint density at radius 3 is 2.18 bits per heavy atom. The van der Waals surface area contributed by atoms with Crippen LogP contribution in [-0.2, 0) is 22.7 Å². The van der Waals surface area contributed by atoms with Crippen molar-refractivity contribution in [1.29, 1.82) is 5.26 Å². The summed E-state index contributed by atoms with van der Waals surface area (Å²) in [4.78, 5) is 61.7. The van der Waals surface area contributed by atoms with Crippen LogP contribution in [0.5, 0.6) is 5.75 Å². The molecule has 6 aliphatic rings. The summed E-state index contributed by atoms with van der Waals surface area (Å²) < 4.78 is 22.0. The monoisotopic (exact) mass is 835 g/mol. The van der Waals surface area contributed by atoms with E-state index < -0.39 is 17.8 Å². The van der Waals surface area contributed by atoms with Crippen LogP contribution < -0.4 is 19.9 Å². The molecular weight excluding hydrogens is 785 g/mol. The summed E-state index contributed by atoms with van der Waals surface area (Å²) in [6, 6.07) is 15.8. The van der Waals surface area contributed by atoms with Crippen molar-refractivity contribution < 1.29 is 28.3 Å². The van der Waals surface area contributed by atoms with Crippen LogP contribution >= 0.6 is 11.6 Å². The third kappa shape index (κ3) is 6.85. The number of carbonyl (C=O) groups is 4. The lowest BCUT2D eigenvalue weighted by atomic mass is 9.49. The molecule has 1 aliphatic carbocycles. The first-order chi connectivity index (χ1) is 28.6. The highest BCUT2D eigenvalue weighted by Gasteiger charge is 2.67. The van der Waals surface area contributed by atoms with Crippen molar-refractivity contribution in [2.45, 2.75) is 84.7 Å². The van der Waals surface area contributed by atoms with Crippen LogP contribution in [0.15, 0.2) is 48.5 Å². The van der Waals surface area contributed by atoms with E-state index in [9.17, 15) is 24.4 Å². The summed E-state index contributed by atoms with van der Waals surface area (Å²) in [7, 11) is 0. The normalized spacial score (nSPS) is 25.2. The number of nitrogens with zero attached hydrogens (tertiary/aromatic N) is 6. The Balaban J connectivity index is 0.768. The van der Waals surface area contributed by atoms with Gasteiger partial charge in [0.25, 0.3) is 11.8 Å². The van der Waals surface area contributed by atoms with Crippen LogP contribution in [0.2, 0.25) is 5.02 Å². The van der Waals surface area contributed by atoms with E-state index in [1.165, 1.54) is 11.0 Å². The Morgan fingerprint density at radius 1 is 0.817 bits per heavy atom. The van der Waals surface area contributed by atoms with Crippen molar-refractivity contribution in [2.24, 2.45) is 16.7 Å². The first kappa shape index (κ1) is 40.2. The zero-order chi connectivity index (χ0) is 42.2. The van der Waals surface area contributed by atoms with Gasteiger partial charge >= 0.3 is 0 Å². The highest BCUT2D eigenvalue weighted by Crippen LogP contribution is 2.59. The predicted octanol–water partition coefficient (Wildman–Crippen LogP) is 5.99. The molecule has 5 aliphatic heterocycles. The lowest BCUT2D eigenvalue weighted by Crippen LogP contribution is -2.74. The minimum Gasteiger partial charge on any atom is -0.489 e. The first-order valence-corrected chi connectivity index (χ1v) is 21.5. The second-order valence-electron chi connectivity index (χ2n) is 18.6. The van der Waals surface area contributed by atoms with Gasteiger partial charge in [0.2, 0.25) is 11.8 Å². The van der Waals surface area contributed by atoms with Gasteiger partial charge < -0.3 is 24.3 Å². The molecule has 1 saturated carbocycles. The largest absolute Gasteiger partial charge is 0.489 e. The molecule has 4 amide bonds. The Bertz CT molecular complexity index is 2310. The van der Waals surface area contributed by atoms with Gasteiger partial charge in [-0.25, -0.2) is 4.39 Å². The molecule has 3 aromatic carbocycles. The highest BCUT2D eigenvalue weighted by molar-refractivity contribution is 6.31. The van der Waals surface area contributed by atoms with Gasteiger partial charge in [0.15, 0.2) is 0 Å². The molecule has 1 unspecified atom stereocenters. The van der Waals surface area contributed by atoms with E-state index in [0.717, 1.165) is 62.4 Å². The molecule has 1 N–H and O–H groups in total. The van der Waals surface area contributed by atoms with Crippen LogP contribution in [0, 0.1) is 33.9 Å². The van der Waals surface area contributed by atoms with Crippen molar-refractivity contribution in [1.82, 2.24) is 20.0 Å². The number of piperidine rings is 2. The number of piperazine rings is 1. The molecule has 0 spiro atoms. The van der Waals surface area contributed by atoms with Gasteiger partial charge in [-0.05, 0) is 78.8 Å². The fraction of sp³-hybridized carbons (Fsp3) is 0.500. The van der Waals surface area contributed by atoms with E-state index in [4.69, 9.17) is 16.3 Å². The van der Waals surface area contributed by atoms with Crippen LogP contribution in [0.25, 0.3) is 0 Å². The quantitative estimate of drug-likeness (QED) is 0.272. The van der Waals surface area contributed by atoms with Gasteiger partial charge in [0, 0.05) is 105 Å². The number of fused-ring (bicyclic) bond motifs is 2. The average Bonchev–Trinajstić information content (AvgIpc) is 3.70. The number of carbonyl (C=O) groups excluding carboxylic acids is 4. The smallest absolute Gasteiger partial charge is 0.255 e. The summed E-state index contributed by atoms with van der Waals surface area (Å²) in [5.41, 5.74) is 4.21. The van der Waals surface area contributed by atoms with Crippen molar-refractivity contribution in [3.63, 3.8) is 0 Å². The molecule has 5 heterocycles. The van der Waals surface area contributed by atoms with Gasteiger partial charge in [-0.1, -0.05) is 39.3 Å². The number of rotatable bonds is 8. The molecule has 0 aromatic heterocycles. The van der Waals surface area contributed by atoms with E-state index in [1.54, 1.807) is 24.3 Å². The third-order valence-electron chi connectivity index (χ3n) is 14.1. The van der Waals surface area contributed by atoms with E-state index >= 15 is 4.39 Å². The Kier molecular flexibility index (Phi) is 10.1. The lowest BCUT2D eigenvalue weighted by molar-refractivity contribution is -0.199. The van der Waals surface area contributed by atoms with E-state index in [-0.39, 0.29) is 65.6 Å². The molecule has 1 atom stereocenters. The molecule has 14 heteroatoms. The van der Waals surface area contributed by atoms with Crippen molar-refractivity contribution in [3.05, 3.63) is 87.2 Å². The molecule has 4 fully saturated rings. The van der Waals surface area contributed by atoms with Gasteiger partial charge in [-0.3, -0.25) is 29.4 Å². The topological polar surface area (TPSA) is 130 Å². The number of halogens is 2. The number of hydrogen-bond donors (Lipinski definition) is 1. The van der Waals surface area contributed by atoms with Crippen molar-refractivity contribution in [3.8, 4) is 11.8 Å². The Hall–Kier alpha value is -5.19. The van der Waals surface area contributed by atoms with Gasteiger partial charge in [-0.2, -0.15) is 5.26 Å². The number of nitrogens with one attached hydrogen (secondary N) is 1. The minimum absolute atomic E-state index is 0.0410. The van der Waals surface area contributed by atoms with Crippen LogP contribution in [-0.4, -0.2) is 102 Å². The molecule has 12 nitrogen and oxygen atoms in total. The molecule has 3 aromatic rings. The second kappa shape index (κ2) is 15.1. The van der Waals surface area contributed by atoms with Gasteiger partial charge in [0.05, 0.1) is 16.3 Å². The van der Waals surface area contributed by atoms with Gasteiger partial charge in [0.1, 0.15) is 29.8 Å². The lowest BCUT2D eigenvalue weighted by Gasteiger charge is -2.65. The zero-order valence-electron chi connectivity index (χ0n) is 34.6. The van der Waals surface area contributed by atoms with Gasteiger partial charge in [-0.15, -0.1) is 0 Å². The second-order valence-corrected chi connectivity index (χ2v) is 19.1. The number of anilines is 2. The molecular formula is C46H51ClFN7O5. The Morgan fingerprint density at radius 2 is 1.50 bits per heavy atom. The summed E-state index contributed by atoms with van der Waals surface area (Å²) in [5, 5.41) is 12.0. The zero-order valence-corrected chi connectivity index (χ0v) is 35.4. The van der Waals surface area contributed by atoms with Crippen molar-refractivity contribution in [2.75, 3.05) is 55.6 Å². The molecule has 3 saturated heterocycles. The average molecular weight is 836 g/mol. The number of imide groups is 1. The summed E-state index contributed by atoms with van der Waals surface area (Å²) in [5.74, 6) is -0.386. The molecule has 0 bridgehead atoms. The number of amides is 4. The van der Waals surface area contributed by atoms with Crippen LogP contribution in [0.1, 0.15) is 90.8 Å². The molecule has 314 valence electrons. The maximum absolute atomic E-state index is 15.5. The number of hydrogen-bond acceptors (Lipinski definition) is 9. The molecule has 60 heavy (non-hydrogen) atoms. The standard InChI is InChI=1S/C46H51ClFN7O5/c1-45(2)43(46(3,4)44(45)60-32-7-5-28(23-49)35(47)21-32)55-26-29-19-31(6-8-33(29)41(55)58)52-13-11-27(12-14-52)24-51-15-17-53(18-16-51)38-20-30-25-54(42(59)34(30)22-36(38)48)37-9-10-39(56)50-40(37)57/h5-8,19-22,27,37,43-44H,9-18,24-26H2,1-4H3,(H,50,56,57). The maximum Gasteiger partial charge on any atom is 0.255 e. The third-order valence-corrected chi connectivity index (χ3v) is 14.4. The molecule has 0 radical (unpaired) electrons. The predicted molar refractivity (Wildman–Crippen MR) is 224 cm³/mol. The van der Waals surface area contributed by atoms with E-state index in [2.05, 4.69) is 65.9 Å². The summed E-state index contributed by atoms with van der Waals surface area (Å²) in [6.45, 7) is 15.3. The minimum atomic E-state index is -0.729. The summed E-state index contributed by atoms with van der Waals surface area (Å²) >= 11 is 6.31. The SMILES string of the molecule is CC1(C)C(Oc2ccc(C#N)c(Cl)c2)C(C)(C)C1N1Cc2cc(N3CCC(CN4CCN(c5cc6c(cc5F)C(=O)N(C5CCC(=O)NC5=O)C6)CC4)CC3)ccc2C1=O. The van der Waals surface area contributed by atoms with Crippen LogP contribution in [0.3, 0.4) is 0 Å². The van der Waals surface area contributed by atoms with E-state index in [0.29, 0.717) is 53.1 Å². The fourth-order valence-electron chi connectivity index (χ4n) is 11.5. The maximum atomic E-state index is 15.5. The summed E-state index contributed by atoms with van der Waals surface area (Å²) in [6.07, 6.45) is 2.41. The van der Waals surface area contributed by atoms with Crippen LogP contribution in [0.4, 0.5) is 15.8 Å². The Labute approximate surface area is 355 Å². The highest BCUT2D eigenvalue weighted by atomic mass is 35.5. The first-order valence-electron chi connectivity index (χ1n) is 21.1. The number of benzene rings is 3. The molecule has 9 rings (SSSR count).